The summed E-state index contributed by atoms with van der Waals surface area (Å²) in [5, 5.41) is 13.6. The van der Waals surface area contributed by atoms with Crippen molar-refractivity contribution in [1.29, 1.82) is 0 Å². The number of nitrogens with two attached hydrogens (primary N) is 1. The number of amides is 1. The highest BCUT2D eigenvalue weighted by molar-refractivity contribution is 6.11. The Balaban J connectivity index is 1.68. The molecule has 1 aromatic carbocycles. The Morgan fingerprint density at radius 1 is 1.29 bits per heavy atom. The van der Waals surface area contributed by atoms with E-state index in [0.717, 1.165) is 25.7 Å². The van der Waals surface area contributed by atoms with Gasteiger partial charge in [0, 0.05) is 30.4 Å². The van der Waals surface area contributed by atoms with Gasteiger partial charge in [0.25, 0.3) is 0 Å². The summed E-state index contributed by atoms with van der Waals surface area (Å²) in [7, 11) is 0. The Hall–Kier alpha value is -3.13. The minimum Gasteiger partial charge on any atom is -0.758 e. The number of fused-ring (bicyclic) bond motifs is 1. The highest BCUT2D eigenvalue weighted by Gasteiger charge is 2.39. The number of carbonyl (C=O) groups is 2. The molecule has 2 heterocycles. The van der Waals surface area contributed by atoms with Gasteiger partial charge in [-0.2, -0.15) is 0 Å². The molecule has 0 spiro atoms. The number of nitrogens with zero attached hydrogens (tertiary/aromatic N) is 2. The average Bonchev–Trinajstić information content (AvgIpc) is 3.35. The molecule has 1 aliphatic carbocycles. The van der Waals surface area contributed by atoms with Crippen LogP contribution in [0, 0.1) is 5.21 Å². The Bertz CT molecular complexity index is 973. The van der Waals surface area contributed by atoms with Crippen LogP contribution in [0.2, 0.25) is 0 Å². The second kappa shape index (κ2) is 8.93. The van der Waals surface area contributed by atoms with E-state index < -0.39 is 17.9 Å². The summed E-state index contributed by atoms with van der Waals surface area (Å²) < 4.78 is 11.9. The molecule has 2 N–H and O–H groups in total. The summed E-state index contributed by atoms with van der Waals surface area (Å²) in [6.07, 6.45) is 7.15. The van der Waals surface area contributed by atoms with Crippen molar-refractivity contribution < 1.29 is 19.1 Å². The summed E-state index contributed by atoms with van der Waals surface area (Å²) in [5.41, 5.74) is 6.62. The van der Waals surface area contributed by atoms with Crippen LogP contribution in [-0.4, -0.2) is 35.4 Å². The lowest BCUT2D eigenvalue weighted by molar-refractivity contribution is -0.118. The van der Waals surface area contributed by atoms with Gasteiger partial charge in [-0.1, -0.05) is 6.07 Å². The first-order chi connectivity index (χ1) is 15.0. The molecule has 0 saturated heterocycles. The van der Waals surface area contributed by atoms with Gasteiger partial charge < -0.3 is 25.5 Å². The standard InChI is InChI=1S/C23H26N3O5/c1-2-30-20-11-14(7-8-19(20)31-15-5-3-4-6-15)16(12-21(24)27)22-23(28)17-13-25-10-9-18(17)26(22)29/h7-11,13,15-16,22H,2-6,12H2,1H3,(H2,24,27)/q-1. The molecule has 0 radical (unpaired) electrons. The third-order valence-electron chi connectivity index (χ3n) is 5.92. The van der Waals surface area contributed by atoms with Gasteiger partial charge in [0.1, 0.15) is 0 Å². The van der Waals surface area contributed by atoms with Gasteiger partial charge in [0.2, 0.25) is 5.91 Å². The van der Waals surface area contributed by atoms with Crippen LogP contribution < -0.4 is 20.3 Å². The smallest absolute Gasteiger partial charge is 0.218 e. The molecule has 2 unspecified atom stereocenters. The SMILES string of the molecule is CCOc1cc(C(CC(N)=O)C2C(=O)c3cnccc3N2[O-])ccc1OC1CCCC1. The number of Topliss-reactive ketones (excluding diaryl/α,β-unsaturated/α-hetero) is 1. The zero-order chi connectivity index (χ0) is 22.0. The summed E-state index contributed by atoms with van der Waals surface area (Å²) in [6.45, 7) is 2.30. The van der Waals surface area contributed by atoms with Crippen molar-refractivity contribution >= 4 is 17.4 Å². The molecule has 1 saturated carbocycles. The van der Waals surface area contributed by atoms with E-state index in [2.05, 4.69) is 4.98 Å². The number of hydrogen-bond acceptors (Lipinski definition) is 7. The van der Waals surface area contributed by atoms with E-state index in [1.54, 1.807) is 18.2 Å². The first-order valence-electron chi connectivity index (χ1n) is 10.7. The van der Waals surface area contributed by atoms with Crippen LogP contribution in [0.1, 0.15) is 60.9 Å². The Morgan fingerprint density at radius 2 is 2.06 bits per heavy atom. The van der Waals surface area contributed by atoms with Gasteiger partial charge >= 0.3 is 0 Å². The number of pyridine rings is 1. The number of benzene rings is 1. The minimum atomic E-state index is -1.09. The number of ketones is 1. The van der Waals surface area contributed by atoms with Crippen LogP contribution in [0.3, 0.4) is 0 Å². The lowest BCUT2D eigenvalue weighted by atomic mass is 9.86. The van der Waals surface area contributed by atoms with E-state index >= 15 is 0 Å². The van der Waals surface area contributed by atoms with Crippen molar-refractivity contribution in [1.82, 2.24) is 4.98 Å². The molecule has 2 aromatic rings. The third kappa shape index (κ3) is 4.20. The van der Waals surface area contributed by atoms with E-state index in [4.69, 9.17) is 15.2 Å². The monoisotopic (exact) mass is 424 g/mol. The zero-order valence-electron chi connectivity index (χ0n) is 17.5. The number of primary amides is 1. The fraction of sp³-hybridized carbons (Fsp3) is 0.435. The Morgan fingerprint density at radius 3 is 2.74 bits per heavy atom. The molecule has 1 fully saturated rings. The van der Waals surface area contributed by atoms with Crippen LogP contribution >= 0.6 is 0 Å². The highest BCUT2D eigenvalue weighted by atomic mass is 16.5. The minimum absolute atomic E-state index is 0.148. The first-order valence-corrected chi connectivity index (χ1v) is 10.7. The molecular weight excluding hydrogens is 398 g/mol. The van der Waals surface area contributed by atoms with Crippen molar-refractivity contribution in [3.05, 3.63) is 53.0 Å². The maximum absolute atomic E-state index is 13.0. The zero-order valence-corrected chi connectivity index (χ0v) is 17.5. The van der Waals surface area contributed by atoms with Crippen LogP contribution in [0.25, 0.3) is 0 Å². The van der Waals surface area contributed by atoms with Crippen molar-refractivity contribution in [2.45, 2.75) is 57.1 Å². The fourth-order valence-electron chi connectivity index (χ4n) is 4.47. The van der Waals surface area contributed by atoms with Gasteiger partial charge in [-0.25, -0.2) is 0 Å². The average molecular weight is 424 g/mol. The van der Waals surface area contributed by atoms with Crippen molar-refractivity contribution in [2.24, 2.45) is 5.73 Å². The number of hydroxylamine groups is 1. The molecule has 1 aromatic heterocycles. The van der Waals surface area contributed by atoms with E-state index in [1.165, 1.54) is 18.5 Å². The van der Waals surface area contributed by atoms with E-state index in [1.807, 2.05) is 6.92 Å². The number of anilines is 1. The predicted molar refractivity (Wildman–Crippen MR) is 115 cm³/mol. The first kappa shape index (κ1) is 21.1. The fourth-order valence-corrected chi connectivity index (χ4v) is 4.47. The molecule has 2 aliphatic rings. The predicted octanol–water partition coefficient (Wildman–Crippen LogP) is 3.33. The van der Waals surface area contributed by atoms with E-state index in [0.29, 0.717) is 28.7 Å². The van der Waals surface area contributed by atoms with E-state index in [9.17, 15) is 14.8 Å². The van der Waals surface area contributed by atoms with Crippen LogP contribution in [0.15, 0.2) is 36.7 Å². The topological polar surface area (TPSA) is 118 Å². The molecule has 8 heteroatoms. The largest absolute Gasteiger partial charge is 0.758 e. The molecule has 1 aliphatic heterocycles. The van der Waals surface area contributed by atoms with Gasteiger partial charge in [-0.3, -0.25) is 14.6 Å². The van der Waals surface area contributed by atoms with Crippen molar-refractivity contribution in [3.63, 3.8) is 0 Å². The van der Waals surface area contributed by atoms with Crippen LogP contribution in [-0.2, 0) is 4.79 Å². The second-order valence-electron chi connectivity index (χ2n) is 7.97. The molecule has 4 rings (SSSR count). The van der Waals surface area contributed by atoms with Gasteiger partial charge in [-0.15, -0.1) is 0 Å². The second-order valence-corrected chi connectivity index (χ2v) is 7.97. The normalized spacial score (nSPS) is 19.4. The summed E-state index contributed by atoms with van der Waals surface area (Å²) >= 11 is 0. The Kier molecular flexibility index (Phi) is 6.08. The lowest BCUT2D eigenvalue weighted by Crippen LogP contribution is -2.38. The molecular formula is C23H26N3O5-. The number of rotatable bonds is 8. The number of hydrogen-bond donors (Lipinski definition) is 1. The molecule has 164 valence electrons. The molecule has 8 nitrogen and oxygen atoms in total. The maximum Gasteiger partial charge on any atom is 0.218 e. The number of ether oxygens (including phenoxy) is 2. The van der Waals surface area contributed by atoms with Crippen molar-refractivity contribution in [2.75, 3.05) is 11.7 Å². The summed E-state index contributed by atoms with van der Waals surface area (Å²) in [5.74, 6) is -0.532. The molecule has 2 atom stereocenters. The number of aromatic nitrogens is 1. The summed E-state index contributed by atoms with van der Waals surface area (Å²) in [6, 6.07) is 5.73. The van der Waals surface area contributed by atoms with Crippen LogP contribution in [0.5, 0.6) is 11.5 Å². The van der Waals surface area contributed by atoms with Gasteiger partial charge in [0.15, 0.2) is 17.3 Å². The van der Waals surface area contributed by atoms with Gasteiger partial charge in [-0.05, 0) is 56.4 Å². The quantitative estimate of drug-likeness (QED) is 0.690. The lowest BCUT2D eigenvalue weighted by Gasteiger charge is -2.37. The Labute approximate surface area is 180 Å². The van der Waals surface area contributed by atoms with Gasteiger partial charge in [0.05, 0.1) is 24.3 Å². The molecule has 0 bridgehead atoms. The highest BCUT2D eigenvalue weighted by Crippen LogP contribution is 2.41. The molecule has 1 amide bonds. The van der Waals surface area contributed by atoms with Crippen LogP contribution in [0.4, 0.5) is 5.69 Å². The maximum atomic E-state index is 13.0. The number of carbonyl (C=O) groups excluding carboxylic acids is 2. The van der Waals surface area contributed by atoms with Crippen molar-refractivity contribution in [3.8, 4) is 11.5 Å². The van der Waals surface area contributed by atoms with E-state index in [-0.39, 0.29) is 29.6 Å². The third-order valence-corrected chi connectivity index (χ3v) is 5.92. The summed E-state index contributed by atoms with van der Waals surface area (Å²) in [4.78, 5) is 28.8. The molecule has 31 heavy (non-hydrogen) atoms.